The highest BCUT2D eigenvalue weighted by atomic mass is 127. The van der Waals surface area contributed by atoms with E-state index in [1.165, 1.54) is 38.1 Å². The first-order valence-electron chi connectivity index (χ1n) is 8.52. The van der Waals surface area contributed by atoms with Gasteiger partial charge in [0.1, 0.15) is 12.4 Å². The summed E-state index contributed by atoms with van der Waals surface area (Å²) in [5.74, 6) is 2.64. The van der Waals surface area contributed by atoms with E-state index < -0.39 is 6.55 Å². The van der Waals surface area contributed by atoms with E-state index in [1.807, 2.05) is 6.92 Å². The first kappa shape index (κ1) is 19.4. The Bertz CT molecular complexity index is 534. The minimum Gasteiger partial charge on any atom is -0.357 e. The molecule has 2 atom stereocenters. The Kier molecular flexibility index (Phi) is 7.24. The summed E-state index contributed by atoms with van der Waals surface area (Å²) in [6, 6.07) is 0. The maximum Gasteiger partial charge on any atom is 0.319 e. The molecule has 1 aromatic rings. The molecular weight excluding hydrogens is 427 g/mol. The lowest BCUT2D eigenvalue weighted by Gasteiger charge is -2.22. The fourth-order valence-corrected chi connectivity index (χ4v) is 3.79. The molecule has 0 aromatic carbocycles. The van der Waals surface area contributed by atoms with Crippen LogP contribution in [0.4, 0.5) is 8.78 Å². The van der Waals surface area contributed by atoms with Gasteiger partial charge in [0.25, 0.3) is 0 Å². The zero-order chi connectivity index (χ0) is 16.2. The topological polar surface area (TPSA) is 45.5 Å². The van der Waals surface area contributed by atoms with Crippen molar-refractivity contribution in [2.24, 2.45) is 16.8 Å². The van der Waals surface area contributed by atoms with Crippen LogP contribution in [-0.4, -0.2) is 40.0 Å². The summed E-state index contributed by atoms with van der Waals surface area (Å²) >= 11 is 0. The fourth-order valence-electron chi connectivity index (χ4n) is 3.79. The lowest BCUT2D eigenvalue weighted by Crippen LogP contribution is -2.40. The van der Waals surface area contributed by atoms with Crippen LogP contribution in [0, 0.1) is 11.8 Å². The van der Waals surface area contributed by atoms with E-state index in [0.717, 1.165) is 42.0 Å². The third kappa shape index (κ3) is 4.37. The van der Waals surface area contributed by atoms with Gasteiger partial charge in [0.05, 0.1) is 0 Å². The van der Waals surface area contributed by atoms with Crippen molar-refractivity contribution in [1.29, 1.82) is 0 Å². The molecule has 1 aliphatic heterocycles. The average molecular weight is 453 g/mol. The van der Waals surface area contributed by atoms with Gasteiger partial charge >= 0.3 is 6.55 Å². The summed E-state index contributed by atoms with van der Waals surface area (Å²) in [6.07, 6.45) is 7.96. The van der Waals surface area contributed by atoms with Gasteiger partial charge < -0.3 is 10.2 Å². The van der Waals surface area contributed by atoms with Gasteiger partial charge in [0, 0.05) is 32.0 Å². The molecule has 0 spiro atoms. The molecule has 0 bridgehead atoms. The molecule has 1 saturated carbocycles. The summed E-state index contributed by atoms with van der Waals surface area (Å²) in [6.45, 7) is 2.46. The largest absolute Gasteiger partial charge is 0.357 e. The van der Waals surface area contributed by atoms with Crippen molar-refractivity contribution in [2.75, 3.05) is 19.6 Å². The third-order valence-electron chi connectivity index (χ3n) is 4.94. The molecule has 1 N–H and O–H groups in total. The van der Waals surface area contributed by atoms with Crippen LogP contribution in [0.1, 0.15) is 45.0 Å². The molecule has 2 heterocycles. The first-order valence-corrected chi connectivity index (χ1v) is 8.52. The number of guanidine groups is 1. The maximum atomic E-state index is 12.9. The number of fused-ring (bicyclic) bond motifs is 1. The number of nitrogens with zero attached hydrogens (tertiary/aromatic N) is 4. The molecule has 136 valence electrons. The number of aromatic nitrogens is 2. The molecule has 1 aromatic heterocycles. The van der Waals surface area contributed by atoms with Crippen molar-refractivity contribution >= 4 is 29.9 Å². The second-order valence-corrected chi connectivity index (χ2v) is 6.41. The highest BCUT2D eigenvalue weighted by Crippen LogP contribution is 2.35. The number of alkyl halides is 2. The predicted octanol–water partition coefficient (Wildman–Crippen LogP) is 3.48. The van der Waals surface area contributed by atoms with Gasteiger partial charge in [-0.15, -0.1) is 24.0 Å². The number of hydrogen-bond donors (Lipinski definition) is 1. The van der Waals surface area contributed by atoms with Crippen LogP contribution in [0.15, 0.2) is 17.4 Å². The van der Waals surface area contributed by atoms with Gasteiger partial charge in [-0.1, -0.05) is 12.8 Å². The van der Waals surface area contributed by atoms with Crippen molar-refractivity contribution in [2.45, 2.75) is 45.7 Å². The summed E-state index contributed by atoms with van der Waals surface area (Å²) in [7, 11) is 0. The summed E-state index contributed by atoms with van der Waals surface area (Å²) in [5, 5.41) is 3.30. The van der Waals surface area contributed by atoms with Crippen molar-refractivity contribution < 1.29 is 8.78 Å². The van der Waals surface area contributed by atoms with E-state index in [0.29, 0.717) is 5.82 Å². The standard InChI is InChI=1S/C16H25F2N5.HI/c1-2-19-16(21-9-14-20-7-8-23(14)15(17)18)22-10-12-5-3-4-6-13(12)11-22;/h7-8,12-13,15H,2-6,9-11H2,1H3,(H,19,21);1H. The zero-order valence-corrected chi connectivity index (χ0v) is 16.3. The van der Waals surface area contributed by atoms with Crippen LogP contribution >= 0.6 is 24.0 Å². The smallest absolute Gasteiger partial charge is 0.319 e. The minimum atomic E-state index is -2.57. The van der Waals surface area contributed by atoms with Crippen molar-refractivity contribution in [3.63, 3.8) is 0 Å². The fraction of sp³-hybridized carbons (Fsp3) is 0.750. The molecule has 8 heteroatoms. The minimum absolute atomic E-state index is 0. The van der Waals surface area contributed by atoms with Crippen molar-refractivity contribution in [1.82, 2.24) is 19.8 Å². The molecule has 24 heavy (non-hydrogen) atoms. The van der Waals surface area contributed by atoms with E-state index in [4.69, 9.17) is 0 Å². The molecule has 5 nitrogen and oxygen atoms in total. The molecule has 0 amide bonds. The Balaban J connectivity index is 0.00000208. The van der Waals surface area contributed by atoms with Crippen LogP contribution in [0.3, 0.4) is 0 Å². The first-order chi connectivity index (χ1) is 11.2. The summed E-state index contributed by atoms with van der Waals surface area (Å²) in [5.41, 5.74) is 0. The maximum absolute atomic E-state index is 12.9. The molecule has 3 rings (SSSR count). The zero-order valence-electron chi connectivity index (χ0n) is 14.0. The number of aliphatic imine (C=N–C) groups is 1. The molecule has 1 saturated heterocycles. The normalized spacial score (nSPS) is 24.0. The number of rotatable bonds is 4. The van der Waals surface area contributed by atoms with E-state index in [2.05, 4.69) is 20.2 Å². The van der Waals surface area contributed by atoms with Gasteiger partial charge in [-0.05, 0) is 31.6 Å². The van der Waals surface area contributed by atoms with Crippen LogP contribution < -0.4 is 5.32 Å². The van der Waals surface area contributed by atoms with Gasteiger partial charge in [0.15, 0.2) is 5.96 Å². The van der Waals surface area contributed by atoms with Crippen LogP contribution in [0.5, 0.6) is 0 Å². The molecular formula is C16H26F2IN5. The SMILES string of the molecule is CCNC(=NCc1nccn1C(F)F)N1CC2CCCCC2C1.I. The quantitative estimate of drug-likeness (QED) is 0.432. The molecule has 1 aliphatic carbocycles. The van der Waals surface area contributed by atoms with Crippen molar-refractivity contribution in [3.05, 3.63) is 18.2 Å². The summed E-state index contributed by atoms with van der Waals surface area (Å²) in [4.78, 5) is 10.8. The number of imidazole rings is 1. The van der Waals surface area contributed by atoms with E-state index >= 15 is 0 Å². The second-order valence-electron chi connectivity index (χ2n) is 6.41. The lowest BCUT2D eigenvalue weighted by molar-refractivity contribution is 0.0671. The Labute approximate surface area is 158 Å². The Morgan fingerprint density at radius 2 is 2.00 bits per heavy atom. The molecule has 2 fully saturated rings. The number of hydrogen-bond acceptors (Lipinski definition) is 2. The number of likely N-dealkylation sites (tertiary alicyclic amines) is 1. The highest BCUT2D eigenvalue weighted by Gasteiger charge is 2.35. The van der Waals surface area contributed by atoms with Crippen LogP contribution in [0.2, 0.25) is 0 Å². The second kappa shape index (κ2) is 8.96. The monoisotopic (exact) mass is 453 g/mol. The predicted molar refractivity (Wildman–Crippen MR) is 101 cm³/mol. The van der Waals surface area contributed by atoms with Gasteiger partial charge in [-0.2, -0.15) is 8.78 Å². The van der Waals surface area contributed by atoms with Crippen LogP contribution in [0.25, 0.3) is 0 Å². The van der Waals surface area contributed by atoms with Crippen molar-refractivity contribution in [3.8, 4) is 0 Å². The molecule has 2 unspecified atom stereocenters. The van der Waals surface area contributed by atoms with Gasteiger partial charge in [-0.3, -0.25) is 4.57 Å². The van der Waals surface area contributed by atoms with Gasteiger partial charge in [-0.25, -0.2) is 9.98 Å². The van der Waals surface area contributed by atoms with E-state index in [-0.39, 0.29) is 30.5 Å². The molecule has 2 aliphatic rings. The Morgan fingerprint density at radius 3 is 2.58 bits per heavy atom. The van der Waals surface area contributed by atoms with E-state index in [1.54, 1.807) is 0 Å². The number of nitrogens with one attached hydrogen (secondary N) is 1. The highest BCUT2D eigenvalue weighted by molar-refractivity contribution is 14.0. The van der Waals surface area contributed by atoms with Gasteiger partial charge in [0.2, 0.25) is 0 Å². The average Bonchev–Trinajstić information content (AvgIpc) is 3.17. The molecule has 0 radical (unpaired) electrons. The number of halogens is 3. The van der Waals surface area contributed by atoms with Crippen LogP contribution in [-0.2, 0) is 6.54 Å². The van der Waals surface area contributed by atoms with E-state index in [9.17, 15) is 8.78 Å². The third-order valence-corrected chi connectivity index (χ3v) is 4.94. The Hall–Kier alpha value is -0.930. The Morgan fingerprint density at radius 1 is 1.33 bits per heavy atom. The lowest BCUT2D eigenvalue weighted by atomic mass is 9.82. The summed E-state index contributed by atoms with van der Waals surface area (Å²) < 4.78 is 26.6.